The van der Waals surface area contributed by atoms with E-state index in [2.05, 4.69) is 4.74 Å². The van der Waals surface area contributed by atoms with Crippen LogP contribution in [-0.2, 0) is 14.3 Å². The predicted molar refractivity (Wildman–Crippen MR) is 31.5 cm³/mol. The summed E-state index contributed by atoms with van der Waals surface area (Å²) in [7, 11) is 0. The molecule has 9 heavy (non-hydrogen) atoms. The van der Waals surface area contributed by atoms with Gasteiger partial charge in [0, 0.05) is 6.42 Å². The van der Waals surface area contributed by atoms with Crippen LogP contribution in [0.25, 0.3) is 0 Å². The SMILES string of the molecule is CCC(=O)OC=O.[Ca+2].[H-].[H-].[H-].[K+]. The molecule has 0 aliphatic rings. The Morgan fingerprint density at radius 1 is 1.78 bits per heavy atom. The van der Waals surface area contributed by atoms with Crippen LogP contribution < -0.4 is 51.4 Å². The Morgan fingerprint density at radius 2 is 2.22 bits per heavy atom. The molecule has 0 N–H and O–H groups in total. The van der Waals surface area contributed by atoms with Gasteiger partial charge in [-0.15, -0.1) is 0 Å². The van der Waals surface area contributed by atoms with E-state index in [1.165, 1.54) is 0 Å². The van der Waals surface area contributed by atoms with Crippen molar-refractivity contribution in [3.63, 3.8) is 0 Å². The van der Waals surface area contributed by atoms with Gasteiger partial charge in [-0.25, -0.2) is 0 Å². The number of ether oxygens (including phenoxy) is 1. The number of hydrogen-bond acceptors (Lipinski definition) is 3. The van der Waals surface area contributed by atoms with Gasteiger partial charge in [-0.3, -0.25) is 9.59 Å². The van der Waals surface area contributed by atoms with Gasteiger partial charge in [0.15, 0.2) is 0 Å². The summed E-state index contributed by atoms with van der Waals surface area (Å²) in [6.45, 7) is 1.75. The second kappa shape index (κ2) is 12.7. The molecule has 46 valence electrons. The molecule has 5 heteroatoms. The smallest absolute Gasteiger partial charge is 1.00 e. The fraction of sp³-hybridized carbons (Fsp3) is 0.500. The number of carbonyl (C=O) groups is 2. The molecule has 0 spiro atoms. The number of rotatable bonds is 2. The monoisotopic (exact) mass is 184 g/mol. The molecule has 0 bridgehead atoms. The van der Waals surface area contributed by atoms with Gasteiger partial charge in [0.25, 0.3) is 0 Å². The quantitative estimate of drug-likeness (QED) is 0.200. The topological polar surface area (TPSA) is 43.4 Å². The third-order valence-electron chi connectivity index (χ3n) is 0.468. The summed E-state index contributed by atoms with van der Waals surface area (Å²) in [5.74, 6) is -0.491. The van der Waals surface area contributed by atoms with Crippen molar-refractivity contribution in [3.05, 3.63) is 0 Å². The van der Waals surface area contributed by atoms with Crippen molar-refractivity contribution in [2.45, 2.75) is 13.3 Å². The van der Waals surface area contributed by atoms with Gasteiger partial charge < -0.3 is 9.02 Å². The third-order valence-corrected chi connectivity index (χ3v) is 0.468. The van der Waals surface area contributed by atoms with Crippen molar-refractivity contribution in [2.75, 3.05) is 0 Å². The molecular weight excluding hydrogens is 175 g/mol. The Labute approximate surface area is 131 Å². The summed E-state index contributed by atoms with van der Waals surface area (Å²) in [4.78, 5) is 19.3. The fourth-order valence-corrected chi connectivity index (χ4v) is 0.137. The summed E-state index contributed by atoms with van der Waals surface area (Å²) in [6.07, 6.45) is 0.249. The number of esters is 1. The van der Waals surface area contributed by atoms with Crippen LogP contribution in [0.5, 0.6) is 0 Å². The van der Waals surface area contributed by atoms with E-state index < -0.39 is 5.97 Å². The second-order valence-corrected chi connectivity index (χ2v) is 0.940. The molecule has 0 rings (SSSR count). The molecule has 0 aliphatic carbocycles. The van der Waals surface area contributed by atoms with Crippen molar-refractivity contribution >= 4 is 50.2 Å². The molecule has 0 aromatic heterocycles. The first-order valence-corrected chi connectivity index (χ1v) is 1.94. The molecule has 0 radical (unpaired) electrons. The molecule has 0 saturated carbocycles. The van der Waals surface area contributed by atoms with Gasteiger partial charge in [0.2, 0.25) is 0 Å². The Bertz CT molecular complexity index is 95.6. The second-order valence-electron chi connectivity index (χ2n) is 0.940. The predicted octanol–water partition coefficient (Wildman–Crippen LogP) is -2.94. The number of carbonyl (C=O) groups excluding carboxylic acids is 2. The first-order chi connectivity index (χ1) is 3.31. The van der Waals surface area contributed by atoms with Crippen molar-refractivity contribution in [1.82, 2.24) is 0 Å². The van der Waals surface area contributed by atoms with Gasteiger partial charge in [0.05, 0.1) is 0 Å². The molecular formula is C4H9CaKO3. The van der Waals surface area contributed by atoms with Gasteiger partial charge in [-0.2, -0.15) is 0 Å². The maximum absolute atomic E-state index is 9.96. The Morgan fingerprint density at radius 3 is 2.33 bits per heavy atom. The van der Waals surface area contributed by atoms with Crippen LogP contribution in [0.15, 0.2) is 0 Å². The van der Waals surface area contributed by atoms with E-state index in [0.29, 0.717) is 0 Å². The molecule has 3 nitrogen and oxygen atoms in total. The first kappa shape index (κ1) is 17.2. The van der Waals surface area contributed by atoms with Crippen LogP contribution in [0, 0.1) is 0 Å². The summed E-state index contributed by atoms with van der Waals surface area (Å²) in [5, 5.41) is 0. The van der Waals surface area contributed by atoms with Crippen molar-refractivity contribution in [1.29, 1.82) is 0 Å². The minimum Gasteiger partial charge on any atom is -1.00 e. The van der Waals surface area contributed by atoms with Crippen LogP contribution >= 0.6 is 0 Å². The Balaban J connectivity index is -0.0000000180. The van der Waals surface area contributed by atoms with Gasteiger partial charge >= 0.3 is 102 Å². The van der Waals surface area contributed by atoms with Crippen LogP contribution in [0.4, 0.5) is 0 Å². The molecule has 0 unspecified atom stereocenters. The van der Waals surface area contributed by atoms with Crippen molar-refractivity contribution in [2.24, 2.45) is 0 Å². The third kappa shape index (κ3) is 13.1. The summed E-state index contributed by atoms with van der Waals surface area (Å²) in [5.41, 5.74) is 0. The molecule has 0 amide bonds. The molecule has 0 heterocycles. The fourth-order valence-electron chi connectivity index (χ4n) is 0.137. The average molecular weight is 184 g/mol. The molecule has 0 atom stereocenters. The van der Waals surface area contributed by atoms with E-state index in [1.807, 2.05) is 0 Å². The molecule has 0 aromatic rings. The Hall–Kier alpha value is 2.04. The van der Waals surface area contributed by atoms with E-state index in [1.54, 1.807) is 6.92 Å². The summed E-state index contributed by atoms with van der Waals surface area (Å²) < 4.78 is 3.87. The minimum absolute atomic E-state index is 0. The molecule has 0 aliphatic heterocycles. The van der Waals surface area contributed by atoms with Crippen LogP contribution in [-0.4, -0.2) is 50.2 Å². The van der Waals surface area contributed by atoms with Gasteiger partial charge in [0.1, 0.15) is 0 Å². The van der Waals surface area contributed by atoms with E-state index in [4.69, 9.17) is 0 Å². The molecule has 0 saturated heterocycles. The van der Waals surface area contributed by atoms with Crippen LogP contribution in [0.3, 0.4) is 0 Å². The average Bonchev–Trinajstić information content (AvgIpc) is 1.68. The maximum Gasteiger partial charge on any atom is 2.00 e. The van der Waals surface area contributed by atoms with E-state index in [-0.39, 0.29) is 106 Å². The molecule has 0 fully saturated rings. The standard InChI is InChI=1S/C4H6O3.Ca.K.3H/c1-2-4(6)7-3-5;;;;;/h3H,2H2,1H3;;;;;/q;+2;+1;3*-1. The number of hydrogen-bond donors (Lipinski definition) is 0. The summed E-state index contributed by atoms with van der Waals surface area (Å²) in [6, 6.07) is 0. The van der Waals surface area contributed by atoms with Gasteiger partial charge in [-0.1, -0.05) is 6.92 Å². The Kier molecular flexibility index (Phi) is 24.3. The van der Waals surface area contributed by atoms with E-state index in [0.717, 1.165) is 0 Å². The van der Waals surface area contributed by atoms with E-state index >= 15 is 0 Å². The van der Waals surface area contributed by atoms with Gasteiger partial charge in [-0.05, 0) is 0 Å². The van der Waals surface area contributed by atoms with Crippen LogP contribution in [0.2, 0.25) is 0 Å². The minimum atomic E-state index is -0.491. The van der Waals surface area contributed by atoms with Crippen molar-refractivity contribution in [3.8, 4) is 0 Å². The zero-order valence-corrected chi connectivity index (χ0v) is 11.0. The summed E-state index contributed by atoms with van der Waals surface area (Å²) >= 11 is 0. The van der Waals surface area contributed by atoms with Crippen LogP contribution in [0.1, 0.15) is 17.6 Å². The maximum atomic E-state index is 9.96. The normalized spacial score (nSPS) is 5.89. The first-order valence-electron chi connectivity index (χ1n) is 1.94. The largest absolute Gasteiger partial charge is 2.00 e. The van der Waals surface area contributed by atoms with E-state index in [9.17, 15) is 9.59 Å². The van der Waals surface area contributed by atoms with Crippen molar-refractivity contribution < 1.29 is 70.0 Å². The zero-order chi connectivity index (χ0) is 5.70. The molecule has 0 aromatic carbocycles. The zero-order valence-electron chi connectivity index (χ0n) is 8.72.